The van der Waals surface area contributed by atoms with Crippen LogP contribution in [0.3, 0.4) is 0 Å². The molecule has 1 N–H and O–H groups in total. The number of rotatable bonds is 4. The van der Waals surface area contributed by atoms with Crippen LogP contribution in [0, 0.1) is 17.7 Å². The Morgan fingerprint density at radius 3 is 2.68 bits per heavy atom. The first-order chi connectivity index (χ1) is 10.5. The Morgan fingerprint density at radius 2 is 2.05 bits per heavy atom. The zero-order valence-corrected chi connectivity index (χ0v) is 12.7. The number of ketones is 1. The predicted octanol–water partition coefficient (Wildman–Crippen LogP) is 2.75. The van der Waals surface area contributed by atoms with Crippen molar-refractivity contribution in [3.63, 3.8) is 0 Å². The third-order valence-electron chi connectivity index (χ3n) is 3.79. The molecular formula is C15H13FO5S. The summed E-state index contributed by atoms with van der Waals surface area (Å²) >= 11 is 1.11. The molecule has 1 aliphatic rings. The number of Topliss-reactive ketones (excluding diaryl/α,β-unsaturated/α-hetero) is 1. The molecule has 1 heterocycles. The Kier molecular flexibility index (Phi) is 3.52. The van der Waals surface area contributed by atoms with Gasteiger partial charge in [-0.05, 0) is 12.5 Å². The van der Waals surface area contributed by atoms with E-state index in [1.807, 2.05) is 0 Å². The van der Waals surface area contributed by atoms with Gasteiger partial charge < -0.3 is 14.6 Å². The van der Waals surface area contributed by atoms with Crippen molar-refractivity contribution >= 4 is 33.2 Å². The molecule has 2 atom stereocenters. The van der Waals surface area contributed by atoms with Gasteiger partial charge in [-0.1, -0.05) is 0 Å². The summed E-state index contributed by atoms with van der Waals surface area (Å²) in [5.74, 6) is -2.78. The van der Waals surface area contributed by atoms with Crippen molar-refractivity contribution in [1.29, 1.82) is 0 Å². The summed E-state index contributed by atoms with van der Waals surface area (Å²) in [7, 11) is 2.61. The largest absolute Gasteiger partial charge is 0.502 e. The molecule has 0 bridgehead atoms. The van der Waals surface area contributed by atoms with Gasteiger partial charge >= 0.3 is 5.97 Å². The average Bonchev–Trinajstić information content (AvgIpc) is 3.21. The minimum Gasteiger partial charge on any atom is -0.502 e. The molecule has 2 aromatic rings. The smallest absolute Gasteiger partial charge is 0.309 e. The highest BCUT2D eigenvalue weighted by Gasteiger charge is 2.49. The summed E-state index contributed by atoms with van der Waals surface area (Å²) in [4.78, 5) is 24.1. The molecule has 2 unspecified atom stereocenters. The number of hydrogen-bond acceptors (Lipinski definition) is 6. The number of halogens is 1. The maximum absolute atomic E-state index is 14.1. The van der Waals surface area contributed by atoms with Gasteiger partial charge in [-0.3, -0.25) is 9.59 Å². The molecule has 1 aliphatic carbocycles. The molecule has 1 aromatic heterocycles. The Balaban J connectivity index is 1.95. The highest BCUT2D eigenvalue weighted by atomic mass is 32.1. The predicted molar refractivity (Wildman–Crippen MR) is 77.9 cm³/mol. The Morgan fingerprint density at radius 1 is 1.32 bits per heavy atom. The molecule has 5 nitrogen and oxygen atoms in total. The lowest BCUT2D eigenvalue weighted by molar-refractivity contribution is -0.142. The van der Waals surface area contributed by atoms with E-state index in [9.17, 15) is 19.1 Å². The van der Waals surface area contributed by atoms with Crippen LogP contribution >= 0.6 is 11.3 Å². The monoisotopic (exact) mass is 324 g/mol. The quantitative estimate of drug-likeness (QED) is 0.691. The van der Waals surface area contributed by atoms with Crippen LogP contribution in [0.5, 0.6) is 11.5 Å². The molecule has 0 amide bonds. The van der Waals surface area contributed by atoms with Crippen LogP contribution < -0.4 is 4.74 Å². The normalized spacial score (nSPS) is 20.0. The van der Waals surface area contributed by atoms with Crippen molar-refractivity contribution in [2.75, 3.05) is 14.2 Å². The first-order valence-electron chi connectivity index (χ1n) is 6.59. The van der Waals surface area contributed by atoms with E-state index in [1.165, 1.54) is 26.4 Å². The third kappa shape index (κ3) is 2.21. The topological polar surface area (TPSA) is 72.8 Å². The summed E-state index contributed by atoms with van der Waals surface area (Å²) in [6, 6.07) is 2.89. The van der Waals surface area contributed by atoms with Crippen LogP contribution in [0.15, 0.2) is 12.1 Å². The molecule has 0 saturated heterocycles. The molecule has 22 heavy (non-hydrogen) atoms. The van der Waals surface area contributed by atoms with E-state index in [1.54, 1.807) is 0 Å². The molecule has 1 saturated carbocycles. The highest BCUT2D eigenvalue weighted by molar-refractivity contribution is 7.20. The molecular weight excluding hydrogens is 311 g/mol. The zero-order valence-electron chi connectivity index (χ0n) is 11.9. The van der Waals surface area contributed by atoms with Crippen LogP contribution in [-0.2, 0) is 9.53 Å². The Hall–Kier alpha value is -2.15. The second kappa shape index (κ2) is 5.24. The number of carbonyl (C=O) groups is 2. The Labute approximate surface area is 129 Å². The molecule has 3 rings (SSSR count). The fourth-order valence-electron chi connectivity index (χ4n) is 2.46. The van der Waals surface area contributed by atoms with E-state index in [0.29, 0.717) is 16.0 Å². The number of thiophene rings is 1. The maximum Gasteiger partial charge on any atom is 0.309 e. The number of aromatic hydroxyl groups is 1. The van der Waals surface area contributed by atoms with Gasteiger partial charge in [0, 0.05) is 22.1 Å². The van der Waals surface area contributed by atoms with Gasteiger partial charge in [0.25, 0.3) is 0 Å². The fraction of sp³-hybridized carbons (Fsp3) is 0.333. The van der Waals surface area contributed by atoms with Crippen molar-refractivity contribution in [3.05, 3.63) is 22.8 Å². The first-order valence-corrected chi connectivity index (χ1v) is 7.40. The number of phenolic OH excluding ortho intramolecular Hbond substituents is 1. The van der Waals surface area contributed by atoms with Crippen LogP contribution in [0.2, 0.25) is 0 Å². The maximum atomic E-state index is 14.1. The van der Waals surface area contributed by atoms with Crippen molar-refractivity contribution in [1.82, 2.24) is 0 Å². The molecule has 0 spiro atoms. The van der Waals surface area contributed by atoms with Crippen molar-refractivity contribution in [2.24, 2.45) is 11.8 Å². The van der Waals surface area contributed by atoms with Crippen LogP contribution in [0.25, 0.3) is 10.1 Å². The standard InChI is InChI=1S/C15H13FO5S/c1-20-9-5-10-8(12(16)14(9)18)4-11(22-10)13(17)6-3-7(6)15(19)21-2/h4-7,18H,3H2,1-2H3. The van der Waals surface area contributed by atoms with E-state index in [4.69, 9.17) is 4.74 Å². The van der Waals surface area contributed by atoms with Crippen LogP contribution in [-0.4, -0.2) is 31.1 Å². The number of carbonyl (C=O) groups excluding carboxylic acids is 2. The number of benzene rings is 1. The molecule has 1 fully saturated rings. The fourth-order valence-corrected chi connectivity index (χ4v) is 3.55. The van der Waals surface area contributed by atoms with Gasteiger partial charge in [0.2, 0.25) is 0 Å². The first kappa shape index (κ1) is 14.8. The van der Waals surface area contributed by atoms with Crippen molar-refractivity contribution in [3.8, 4) is 11.5 Å². The van der Waals surface area contributed by atoms with E-state index in [-0.39, 0.29) is 16.9 Å². The average molecular weight is 324 g/mol. The van der Waals surface area contributed by atoms with Crippen LogP contribution in [0.4, 0.5) is 4.39 Å². The van der Waals surface area contributed by atoms with Gasteiger partial charge in [0.15, 0.2) is 23.1 Å². The summed E-state index contributed by atoms with van der Waals surface area (Å²) in [5, 5.41) is 9.84. The van der Waals surface area contributed by atoms with E-state index >= 15 is 0 Å². The molecule has 0 radical (unpaired) electrons. The highest BCUT2D eigenvalue weighted by Crippen LogP contribution is 2.45. The van der Waals surface area contributed by atoms with Crippen LogP contribution in [0.1, 0.15) is 16.1 Å². The van der Waals surface area contributed by atoms with E-state index in [2.05, 4.69) is 4.74 Å². The van der Waals surface area contributed by atoms with Gasteiger partial charge in [0.05, 0.1) is 25.0 Å². The van der Waals surface area contributed by atoms with Gasteiger partial charge in [-0.25, -0.2) is 4.39 Å². The zero-order chi connectivity index (χ0) is 16.0. The number of phenols is 1. The summed E-state index contributed by atoms with van der Waals surface area (Å²) in [6.07, 6.45) is 0.455. The molecule has 1 aromatic carbocycles. The van der Waals surface area contributed by atoms with Gasteiger partial charge in [0.1, 0.15) is 0 Å². The lowest BCUT2D eigenvalue weighted by atomic mass is 10.1. The lowest BCUT2D eigenvalue weighted by Crippen LogP contribution is -2.09. The summed E-state index contributed by atoms with van der Waals surface area (Å²) < 4.78 is 24.1. The molecule has 7 heteroatoms. The molecule has 116 valence electrons. The van der Waals surface area contributed by atoms with Crippen molar-refractivity contribution in [2.45, 2.75) is 6.42 Å². The minimum absolute atomic E-state index is 0.0182. The summed E-state index contributed by atoms with van der Waals surface area (Å²) in [5.41, 5.74) is 0. The molecule has 0 aliphatic heterocycles. The van der Waals surface area contributed by atoms with E-state index < -0.39 is 29.4 Å². The minimum atomic E-state index is -0.815. The second-order valence-corrected chi connectivity index (χ2v) is 6.18. The summed E-state index contributed by atoms with van der Waals surface area (Å²) in [6.45, 7) is 0. The van der Waals surface area contributed by atoms with E-state index in [0.717, 1.165) is 11.3 Å². The third-order valence-corrected chi connectivity index (χ3v) is 4.89. The van der Waals surface area contributed by atoms with Crippen molar-refractivity contribution < 1.29 is 28.6 Å². The SMILES string of the molecule is COC(=O)C1CC1C(=O)c1cc2c(F)c(O)c(OC)cc2s1. The number of ether oxygens (including phenoxy) is 2. The van der Waals surface area contributed by atoms with Gasteiger partial charge in [-0.2, -0.15) is 0 Å². The number of hydrogen-bond donors (Lipinski definition) is 1. The lowest BCUT2D eigenvalue weighted by Gasteiger charge is -2.04. The Bertz CT molecular complexity index is 782. The second-order valence-electron chi connectivity index (χ2n) is 5.10. The van der Waals surface area contributed by atoms with Gasteiger partial charge in [-0.15, -0.1) is 11.3 Å². The number of methoxy groups -OCH3 is 2. The number of esters is 1. The number of fused-ring (bicyclic) bond motifs is 1.